The molecule has 0 saturated heterocycles. The zero-order valence-electron chi connectivity index (χ0n) is 9.88. The number of phenolic OH excluding ortho intramolecular Hbond substituents is 1. The molecule has 0 fully saturated rings. The van der Waals surface area contributed by atoms with E-state index in [-0.39, 0.29) is 17.4 Å². The molecule has 19 heavy (non-hydrogen) atoms. The van der Waals surface area contributed by atoms with Crippen molar-refractivity contribution in [2.45, 2.75) is 11.3 Å². The minimum absolute atomic E-state index is 0.0578. The number of halogens is 1. The summed E-state index contributed by atoms with van der Waals surface area (Å²) < 4.78 is 0.743. The molecular weight excluding hydrogens is 306 g/mol. The van der Waals surface area contributed by atoms with E-state index >= 15 is 0 Å². The van der Waals surface area contributed by atoms with E-state index in [0.29, 0.717) is 10.7 Å². The molecule has 1 amide bonds. The summed E-state index contributed by atoms with van der Waals surface area (Å²) in [7, 11) is 0. The Kier molecular flexibility index (Phi) is 4.62. The summed E-state index contributed by atoms with van der Waals surface area (Å²) in [6, 6.07) is 4.52. The number of nitrogens with zero attached hydrogens (tertiary/aromatic N) is 2. The monoisotopic (exact) mass is 315 g/mol. The standard InChI is InChI=1S/C11H10ClN3O2S2/c1-6-14-15-11(19-6)18-5-10(17)13-8-3-2-7(12)4-9(8)16/h2-4,16H,5H2,1H3,(H,13,17). The SMILES string of the molecule is Cc1nnc(SCC(=O)Nc2ccc(Cl)cc2O)s1. The van der Waals surface area contributed by atoms with Gasteiger partial charge in [0.2, 0.25) is 5.91 Å². The lowest BCUT2D eigenvalue weighted by atomic mass is 10.3. The van der Waals surface area contributed by atoms with Crippen LogP contribution in [0.5, 0.6) is 5.75 Å². The summed E-state index contributed by atoms with van der Waals surface area (Å²) in [5, 5.41) is 21.2. The highest BCUT2D eigenvalue weighted by Crippen LogP contribution is 2.27. The Morgan fingerprint density at radius 1 is 1.53 bits per heavy atom. The van der Waals surface area contributed by atoms with Crippen molar-refractivity contribution < 1.29 is 9.90 Å². The van der Waals surface area contributed by atoms with Crippen LogP contribution in [0.4, 0.5) is 5.69 Å². The number of phenols is 1. The molecule has 5 nitrogen and oxygen atoms in total. The van der Waals surface area contributed by atoms with Crippen LogP contribution in [0.1, 0.15) is 5.01 Å². The molecule has 0 unspecified atom stereocenters. The topological polar surface area (TPSA) is 75.1 Å². The van der Waals surface area contributed by atoms with Gasteiger partial charge in [0.25, 0.3) is 0 Å². The molecule has 0 bridgehead atoms. The third kappa shape index (κ3) is 4.09. The largest absolute Gasteiger partial charge is 0.506 e. The molecule has 0 radical (unpaired) electrons. The number of anilines is 1. The Hall–Kier alpha value is -1.31. The second kappa shape index (κ2) is 6.23. The zero-order chi connectivity index (χ0) is 13.8. The fourth-order valence-corrected chi connectivity index (χ4v) is 3.04. The number of hydrogen-bond acceptors (Lipinski definition) is 6. The Morgan fingerprint density at radius 3 is 2.95 bits per heavy atom. The third-order valence-electron chi connectivity index (χ3n) is 2.07. The van der Waals surface area contributed by atoms with Crippen LogP contribution in [0.15, 0.2) is 22.5 Å². The van der Waals surface area contributed by atoms with Gasteiger partial charge in [-0.3, -0.25) is 4.79 Å². The fourth-order valence-electron chi connectivity index (χ4n) is 1.26. The number of nitrogens with one attached hydrogen (secondary N) is 1. The lowest BCUT2D eigenvalue weighted by Crippen LogP contribution is -2.14. The van der Waals surface area contributed by atoms with Gasteiger partial charge in [-0.25, -0.2) is 0 Å². The quantitative estimate of drug-likeness (QED) is 0.670. The van der Waals surface area contributed by atoms with Crippen LogP contribution < -0.4 is 5.32 Å². The van der Waals surface area contributed by atoms with Gasteiger partial charge in [0.05, 0.1) is 11.4 Å². The molecule has 2 N–H and O–H groups in total. The molecule has 1 aromatic heterocycles. The van der Waals surface area contributed by atoms with E-state index < -0.39 is 0 Å². The van der Waals surface area contributed by atoms with Crippen LogP contribution in [-0.4, -0.2) is 27.0 Å². The van der Waals surface area contributed by atoms with Gasteiger partial charge >= 0.3 is 0 Å². The maximum Gasteiger partial charge on any atom is 0.234 e. The van der Waals surface area contributed by atoms with Gasteiger partial charge in [-0.15, -0.1) is 10.2 Å². The van der Waals surface area contributed by atoms with Crippen molar-refractivity contribution in [1.82, 2.24) is 10.2 Å². The summed E-state index contributed by atoms with van der Waals surface area (Å²) in [5.41, 5.74) is 0.337. The predicted octanol–water partition coefficient (Wildman–Crippen LogP) is 2.94. The molecule has 0 aliphatic heterocycles. The number of thioether (sulfide) groups is 1. The number of aryl methyl sites for hydroxylation is 1. The van der Waals surface area contributed by atoms with Crippen LogP contribution in [-0.2, 0) is 4.79 Å². The molecular formula is C11H10ClN3O2S2. The Balaban J connectivity index is 1.90. The summed E-state index contributed by atoms with van der Waals surface area (Å²) in [4.78, 5) is 11.7. The molecule has 2 rings (SSSR count). The van der Waals surface area contributed by atoms with Crippen LogP contribution >= 0.6 is 34.7 Å². The number of carbonyl (C=O) groups excluding carboxylic acids is 1. The molecule has 0 aliphatic carbocycles. The van der Waals surface area contributed by atoms with Crippen LogP contribution in [0.25, 0.3) is 0 Å². The number of aromatic hydroxyl groups is 1. The first-order chi connectivity index (χ1) is 9.04. The number of amides is 1. The average molecular weight is 316 g/mol. The van der Waals surface area contributed by atoms with Crippen LogP contribution in [0.2, 0.25) is 5.02 Å². The number of carbonyl (C=O) groups is 1. The average Bonchev–Trinajstić information content (AvgIpc) is 2.76. The molecule has 1 aromatic carbocycles. The van der Waals surface area contributed by atoms with Crippen molar-refractivity contribution in [3.05, 3.63) is 28.2 Å². The molecule has 8 heteroatoms. The van der Waals surface area contributed by atoms with E-state index in [0.717, 1.165) is 9.35 Å². The minimum atomic E-state index is -0.226. The molecule has 0 saturated carbocycles. The Labute approximate surface area is 123 Å². The van der Waals surface area contributed by atoms with Gasteiger partial charge < -0.3 is 10.4 Å². The van der Waals surface area contributed by atoms with Gasteiger partial charge in [-0.2, -0.15) is 0 Å². The van der Waals surface area contributed by atoms with Crippen molar-refractivity contribution in [3.63, 3.8) is 0 Å². The van der Waals surface area contributed by atoms with Crippen LogP contribution in [0, 0.1) is 6.92 Å². The van der Waals surface area contributed by atoms with E-state index in [1.54, 1.807) is 12.1 Å². The third-order valence-corrected chi connectivity index (χ3v) is 4.28. The second-order valence-corrected chi connectivity index (χ2v) is 6.43. The highest BCUT2D eigenvalue weighted by Gasteiger charge is 2.09. The van der Waals surface area contributed by atoms with E-state index in [4.69, 9.17) is 11.6 Å². The zero-order valence-corrected chi connectivity index (χ0v) is 12.3. The number of rotatable bonds is 4. The van der Waals surface area contributed by atoms with E-state index in [1.165, 1.54) is 29.2 Å². The van der Waals surface area contributed by atoms with Crippen molar-refractivity contribution >= 4 is 46.3 Å². The first-order valence-electron chi connectivity index (χ1n) is 5.26. The summed E-state index contributed by atoms with van der Waals surface area (Å²) in [5.74, 6) is -0.0791. The Bertz CT molecular complexity index is 603. The predicted molar refractivity (Wildman–Crippen MR) is 77.1 cm³/mol. The number of hydrogen-bond donors (Lipinski definition) is 2. The lowest BCUT2D eigenvalue weighted by Gasteiger charge is -2.06. The highest BCUT2D eigenvalue weighted by atomic mass is 35.5. The van der Waals surface area contributed by atoms with Crippen molar-refractivity contribution in [1.29, 1.82) is 0 Å². The van der Waals surface area contributed by atoms with Gasteiger partial charge in [0.15, 0.2) is 4.34 Å². The molecule has 2 aromatic rings. The van der Waals surface area contributed by atoms with Crippen LogP contribution in [0.3, 0.4) is 0 Å². The summed E-state index contributed by atoms with van der Waals surface area (Å²) in [6.45, 7) is 1.85. The normalized spacial score (nSPS) is 10.4. The van der Waals surface area contributed by atoms with E-state index in [2.05, 4.69) is 15.5 Å². The van der Waals surface area contributed by atoms with Gasteiger partial charge in [-0.1, -0.05) is 34.7 Å². The molecule has 0 aliphatic rings. The first-order valence-corrected chi connectivity index (χ1v) is 7.44. The summed E-state index contributed by atoms with van der Waals surface area (Å²) >= 11 is 8.44. The van der Waals surface area contributed by atoms with E-state index in [9.17, 15) is 9.90 Å². The van der Waals surface area contributed by atoms with E-state index in [1.807, 2.05) is 6.92 Å². The molecule has 0 spiro atoms. The number of aromatic nitrogens is 2. The lowest BCUT2D eigenvalue weighted by molar-refractivity contribution is -0.113. The van der Waals surface area contributed by atoms with Crippen molar-refractivity contribution in [2.75, 3.05) is 11.1 Å². The van der Waals surface area contributed by atoms with Gasteiger partial charge in [0, 0.05) is 11.1 Å². The second-order valence-electron chi connectivity index (χ2n) is 3.59. The maximum atomic E-state index is 11.7. The van der Waals surface area contributed by atoms with Gasteiger partial charge in [0.1, 0.15) is 10.8 Å². The minimum Gasteiger partial charge on any atom is -0.506 e. The van der Waals surface area contributed by atoms with Crippen molar-refractivity contribution in [3.8, 4) is 5.75 Å². The Morgan fingerprint density at radius 2 is 2.32 bits per heavy atom. The number of benzene rings is 1. The highest BCUT2D eigenvalue weighted by molar-refractivity contribution is 8.01. The molecule has 0 atom stereocenters. The maximum absolute atomic E-state index is 11.7. The molecule has 1 heterocycles. The fraction of sp³-hybridized carbons (Fsp3) is 0.182. The smallest absolute Gasteiger partial charge is 0.234 e. The van der Waals surface area contributed by atoms with Gasteiger partial charge in [-0.05, 0) is 19.1 Å². The molecule has 100 valence electrons. The summed E-state index contributed by atoms with van der Waals surface area (Å²) in [6.07, 6.45) is 0. The van der Waals surface area contributed by atoms with Crippen molar-refractivity contribution in [2.24, 2.45) is 0 Å². The first kappa shape index (κ1) is 14.1.